The fraction of sp³-hybridized carbons (Fsp3) is 0.154. The summed E-state index contributed by atoms with van der Waals surface area (Å²) in [5.41, 5.74) is 1.60. The van der Waals surface area contributed by atoms with Crippen molar-refractivity contribution in [3.05, 3.63) is 51.2 Å². The molecule has 2 aromatic rings. The van der Waals surface area contributed by atoms with Gasteiger partial charge in [0.05, 0.1) is 4.47 Å². The van der Waals surface area contributed by atoms with Crippen molar-refractivity contribution < 1.29 is 17.9 Å². The van der Waals surface area contributed by atoms with E-state index >= 15 is 0 Å². The number of alkyl halides is 3. The Labute approximate surface area is 135 Å². The third-order valence-electron chi connectivity index (χ3n) is 2.42. The van der Waals surface area contributed by atoms with E-state index in [4.69, 9.17) is 0 Å². The molecule has 3 nitrogen and oxygen atoms in total. The Morgan fingerprint density at radius 1 is 1.14 bits per heavy atom. The molecule has 1 aromatic carbocycles. The van der Waals surface area contributed by atoms with Gasteiger partial charge in [-0.1, -0.05) is 0 Å². The Bertz CT molecular complexity index is 635. The summed E-state index contributed by atoms with van der Waals surface area (Å²) in [6.07, 6.45) is -1.34. The zero-order valence-corrected chi connectivity index (χ0v) is 13.6. The van der Waals surface area contributed by atoms with Gasteiger partial charge in [0, 0.05) is 29.1 Å². The summed E-state index contributed by atoms with van der Waals surface area (Å²) >= 11 is 6.37. The van der Waals surface area contributed by atoms with Gasteiger partial charge in [0.2, 0.25) is 0 Å². The Morgan fingerprint density at radius 3 is 2.52 bits per heavy atom. The summed E-state index contributed by atoms with van der Waals surface area (Å²) in [4.78, 5) is 4.03. The quantitative estimate of drug-likeness (QED) is 0.738. The van der Waals surface area contributed by atoms with Crippen LogP contribution in [-0.4, -0.2) is 11.3 Å². The first-order valence-corrected chi connectivity index (χ1v) is 7.31. The van der Waals surface area contributed by atoms with E-state index in [1.165, 1.54) is 18.2 Å². The van der Waals surface area contributed by atoms with Gasteiger partial charge in [0.1, 0.15) is 5.75 Å². The van der Waals surface area contributed by atoms with Gasteiger partial charge in [0.25, 0.3) is 0 Å². The van der Waals surface area contributed by atoms with Gasteiger partial charge in [-0.3, -0.25) is 4.98 Å². The number of aromatic nitrogens is 1. The van der Waals surface area contributed by atoms with Gasteiger partial charge in [-0.2, -0.15) is 0 Å². The van der Waals surface area contributed by atoms with E-state index in [0.29, 0.717) is 12.2 Å². The van der Waals surface area contributed by atoms with Crippen LogP contribution in [0.5, 0.6) is 5.75 Å². The van der Waals surface area contributed by atoms with Crippen molar-refractivity contribution in [2.75, 3.05) is 5.32 Å². The van der Waals surface area contributed by atoms with E-state index in [1.54, 1.807) is 12.4 Å². The van der Waals surface area contributed by atoms with Gasteiger partial charge in [-0.05, 0) is 61.7 Å². The van der Waals surface area contributed by atoms with Crippen LogP contribution >= 0.6 is 31.9 Å². The summed E-state index contributed by atoms with van der Waals surface area (Å²) in [5.74, 6) is -0.280. The predicted molar refractivity (Wildman–Crippen MR) is 80.1 cm³/mol. The fourth-order valence-electron chi connectivity index (χ4n) is 1.57. The number of rotatable bonds is 4. The molecule has 0 bridgehead atoms. The minimum absolute atomic E-state index is 0.220. The molecule has 0 spiro atoms. The van der Waals surface area contributed by atoms with Crippen LogP contribution in [0.3, 0.4) is 0 Å². The summed E-state index contributed by atoms with van der Waals surface area (Å²) in [6.45, 7) is 0.498. The minimum atomic E-state index is -4.71. The van der Waals surface area contributed by atoms with E-state index in [-0.39, 0.29) is 10.2 Å². The van der Waals surface area contributed by atoms with Crippen LogP contribution in [-0.2, 0) is 6.54 Å². The first-order chi connectivity index (χ1) is 9.83. The molecule has 0 aliphatic rings. The first-order valence-electron chi connectivity index (χ1n) is 5.72. The van der Waals surface area contributed by atoms with Crippen LogP contribution in [0.1, 0.15) is 5.56 Å². The van der Waals surface area contributed by atoms with Crippen molar-refractivity contribution in [1.29, 1.82) is 0 Å². The molecule has 0 fully saturated rings. The monoisotopic (exact) mass is 424 g/mol. The number of hydrogen-bond donors (Lipinski definition) is 1. The van der Waals surface area contributed by atoms with E-state index in [2.05, 4.69) is 46.9 Å². The first kappa shape index (κ1) is 16.1. The predicted octanol–water partition coefficient (Wildman–Crippen LogP) is 5.12. The highest BCUT2D eigenvalue weighted by Crippen LogP contribution is 2.32. The molecule has 0 radical (unpaired) electrons. The van der Waals surface area contributed by atoms with E-state index < -0.39 is 6.36 Å². The maximum Gasteiger partial charge on any atom is 0.573 e. The smallest absolute Gasteiger partial charge is 0.405 e. The average Bonchev–Trinajstić information content (AvgIpc) is 2.38. The molecule has 0 unspecified atom stereocenters. The van der Waals surface area contributed by atoms with Gasteiger partial charge >= 0.3 is 6.36 Å². The number of anilines is 1. The molecule has 0 aliphatic heterocycles. The van der Waals surface area contributed by atoms with Gasteiger partial charge < -0.3 is 10.1 Å². The van der Waals surface area contributed by atoms with Crippen LogP contribution in [0.2, 0.25) is 0 Å². The third kappa shape index (κ3) is 5.20. The maximum atomic E-state index is 12.2. The zero-order chi connectivity index (χ0) is 15.5. The number of nitrogens with one attached hydrogen (secondary N) is 1. The minimum Gasteiger partial charge on any atom is -0.405 e. The largest absolute Gasteiger partial charge is 0.573 e. The van der Waals surface area contributed by atoms with Crippen LogP contribution < -0.4 is 10.1 Å². The normalized spacial score (nSPS) is 11.3. The highest BCUT2D eigenvalue weighted by atomic mass is 79.9. The molecular weight excluding hydrogens is 417 g/mol. The van der Waals surface area contributed by atoms with Crippen LogP contribution in [0.15, 0.2) is 45.6 Å². The van der Waals surface area contributed by atoms with Gasteiger partial charge in [-0.25, -0.2) is 0 Å². The number of ether oxygens (including phenoxy) is 1. The molecule has 0 atom stereocenters. The molecule has 8 heteroatoms. The molecule has 21 heavy (non-hydrogen) atoms. The molecule has 0 aliphatic carbocycles. The Kier molecular flexibility index (Phi) is 5.10. The third-order valence-corrected chi connectivity index (χ3v) is 3.47. The van der Waals surface area contributed by atoms with Crippen LogP contribution in [0.4, 0.5) is 18.9 Å². The molecular formula is C13H9Br2F3N2O. The SMILES string of the molecule is FC(F)(F)Oc1ccc(NCc2cncc(Br)c2)cc1Br. The van der Waals surface area contributed by atoms with Crippen LogP contribution in [0.25, 0.3) is 0 Å². The molecule has 112 valence electrons. The summed E-state index contributed by atoms with van der Waals surface area (Å²) < 4.78 is 41.4. The molecule has 2 rings (SSSR count). The second-order valence-corrected chi connectivity index (χ2v) is 5.83. The number of hydrogen-bond acceptors (Lipinski definition) is 3. The lowest BCUT2D eigenvalue weighted by Gasteiger charge is -2.12. The van der Waals surface area contributed by atoms with Crippen molar-refractivity contribution in [3.63, 3.8) is 0 Å². The van der Waals surface area contributed by atoms with E-state index in [0.717, 1.165) is 10.0 Å². The van der Waals surface area contributed by atoms with E-state index in [1.807, 2.05) is 6.07 Å². The van der Waals surface area contributed by atoms with Crippen LogP contribution in [0, 0.1) is 0 Å². The number of benzene rings is 1. The number of nitrogens with zero attached hydrogens (tertiary/aromatic N) is 1. The Morgan fingerprint density at radius 2 is 1.90 bits per heavy atom. The van der Waals surface area contributed by atoms with Crippen molar-refractivity contribution in [2.45, 2.75) is 12.9 Å². The molecule has 1 heterocycles. The van der Waals surface area contributed by atoms with E-state index in [9.17, 15) is 13.2 Å². The lowest BCUT2D eigenvalue weighted by molar-refractivity contribution is -0.274. The Hall–Kier alpha value is -1.28. The fourth-order valence-corrected chi connectivity index (χ4v) is 2.45. The van der Waals surface area contributed by atoms with Crippen molar-refractivity contribution >= 4 is 37.5 Å². The summed E-state index contributed by atoms with van der Waals surface area (Å²) in [5, 5.41) is 3.09. The van der Waals surface area contributed by atoms with Crippen molar-refractivity contribution in [2.24, 2.45) is 0 Å². The highest BCUT2D eigenvalue weighted by Gasteiger charge is 2.31. The maximum absolute atomic E-state index is 12.2. The molecule has 0 saturated carbocycles. The summed E-state index contributed by atoms with van der Waals surface area (Å²) in [7, 11) is 0. The number of halogens is 5. The lowest BCUT2D eigenvalue weighted by Crippen LogP contribution is -2.17. The van der Waals surface area contributed by atoms with Crippen molar-refractivity contribution in [3.8, 4) is 5.75 Å². The summed E-state index contributed by atoms with van der Waals surface area (Å²) in [6, 6.07) is 6.18. The second kappa shape index (κ2) is 6.65. The molecule has 0 saturated heterocycles. The lowest BCUT2D eigenvalue weighted by atomic mass is 10.2. The standard InChI is InChI=1S/C13H9Br2F3N2O/c14-9-3-8(5-19-7-9)6-20-10-1-2-12(11(15)4-10)21-13(16,17)18/h1-5,7,20H,6H2. The Balaban J connectivity index is 2.03. The topological polar surface area (TPSA) is 34.1 Å². The molecule has 1 aromatic heterocycles. The molecule has 1 N–H and O–H groups in total. The molecule has 0 amide bonds. The highest BCUT2D eigenvalue weighted by molar-refractivity contribution is 9.10. The van der Waals surface area contributed by atoms with Crippen molar-refractivity contribution in [1.82, 2.24) is 4.98 Å². The zero-order valence-electron chi connectivity index (χ0n) is 10.4. The second-order valence-electron chi connectivity index (χ2n) is 4.06. The van der Waals surface area contributed by atoms with Gasteiger partial charge in [-0.15, -0.1) is 13.2 Å². The average molecular weight is 426 g/mol. The van der Waals surface area contributed by atoms with Gasteiger partial charge in [0.15, 0.2) is 0 Å². The number of pyridine rings is 1.